The number of nitrogens with one attached hydrogen (secondary N) is 1. The van der Waals surface area contributed by atoms with Crippen LogP contribution in [0.2, 0.25) is 5.02 Å². The van der Waals surface area contributed by atoms with Crippen molar-refractivity contribution in [3.63, 3.8) is 0 Å². The Labute approximate surface area is 229 Å². The Hall–Kier alpha value is -3.17. The number of carbonyl (C=O) groups is 2. The van der Waals surface area contributed by atoms with Crippen LogP contribution >= 0.6 is 23.4 Å². The highest BCUT2D eigenvalue weighted by molar-refractivity contribution is 7.98. The highest BCUT2D eigenvalue weighted by Crippen LogP contribution is 2.44. The molecule has 1 saturated carbocycles. The first-order valence-corrected chi connectivity index (χ1v) is 13.7. The quantitative estimate of drug-likeness (QED) is 0.308. The molecule has 1 atom stereocenters. The number of hydrogen-bond acceptors (Lipinski definition) is 5. The van der Waals surface area contributed by atoms with Gasteiger partial charge in [0.1, 0.15) is 16.8 Å². The number of pyridine rings is 1. The van der Waals surface area contributed by atoms with Gasteiger partial charge in [0.25, 0.3) is 5.92 Å². The minimum atomic E-state index is -2.89. The van der Waals surface area contributed by atoms with Crippen LogP contribution in [0, 0.1) is 0 Å². The number of thioether (sulfide) groups is 1. The normalized spacial score (nSPS) is 15.4. The van der Waals surface area contributed by atoms with E-state index in [1.165, 1.54) is 28.8 Å². The van der Waals surface area contributed by atoms with Gasteiger partial charge < -0.3 is 15.3 Å². The Kier molecular flexibility index (Phi) is 8.89. The molecule has 3 aromatic rings. The first kappa shape index (κ1) is 27.9. The van der Waals surface area contributed by atoms with Crippen LogP contribution < -0.4 is 5.32 Å². The van der Waals surface area contributed by atoms with Crippen molar-refractivity contribution in [2.45, 2.75) is 55.3 Å². The van der Waals surface area contributed by atoms with Gasteiger partial charge in [-0.2, -0.15) is 0 Å². The number of phenols is 1. The van der Waals surface area contributed by atoms with E-state index in [4.69, 9.17) is 11.6 Å². The standard InChI is InChI=1S/C28H28ClF2N3O3S/c1-38-27-23(3-2-14-32-27)25(26(37)33-17-19-4-9-20(29)10-5-19)34(21-15-28(30,31)16-21)24(36)13-8-18-6-11-22(35)12-7-18/h2-7,9-12,14,21,25,35H,8,13,15-17H2,1H3,(H,33,37). The van der Waals surface area contributed by atoms with Crippen LogP contribution in [0.3, 0.4) is 0 Å². The number of nitrogens with zero attached hydrogens (tertiary/aromatic N) is 2. The van der Waals surface area contributed by atoms with E-state index in [2.05, 4.69) is 10.3 Å². The predicted molar refractivity (Wildman–Crippen MR) is 143 cm³/mol. The molecule has 38 heavy (non-hydrogen) atoms. The largest absolute Gasteiger partial charge is 0.508 e. The first-order chi connectivity index (χ1) is 18.2. The van der Waals surface area contributed by atoms with Crippen molar-refractivity contribution in [2.75, 3.05) is 6.26 Å². The topological polar surface area (TPSA) is 82.5 Å². The monoisotopic (exact) mass is 559 g/mol. The summed E-state index contributed by atoms with van der Waals surface area (Å²) in [5, 5.41) is 13.5. The number of hydrogen-bond donors (Lipinski definition) is 2. The second-order valence-corrected chi connectivity index (χ2v) is 10.5. The van der Waals surface area contributed by atoms with Gasteiger partial charge in [-0.15, -0.1) is 11.8 Å². The third-order valence-corrected chi connectivity index (χ3v) is 7.49. The summed E-state index contributed by atoms with van der Waals surface area (Å²) in [4.78, 5) is 33.1. The first-order valence-electron chi connectivity index (χ1n) is 12.1. The van der Waals surface area contributed by atoms with E-state index in [0.29, 0.717) is 22.0 Å². The highest BCUT2D eigenvalue weighted by Gasteiger charge is 2.52. The van der Waals surface area contributed by atoms with Gasteiger partial charge in [-0.1, -0.05) is 41.9 Å². The van der Waals surface area contributed by atoms with Crippen LogP contribution in [-0.2, 0) is 22.6 Å². The van der Waals surface area contributed by atoms with Gasteiger partial charge in [0, 0.05) is 48.6 Å². The number of alkyl halides is 2. The maximum absolute atomic E-state index is 14.0. The molecule has 1 aliphatic rings. The Bertz CT molecular complexity index is 1270. The van der Waals surface area contributed by atoms with Gasteiger partial charge >= 0.3 is 0 Å². The summed E-state index contributed by atoms with van der Waals surface area (Å²) in [6, 6.07) is 14.9. The van der Waals surface area contributed by atoms with Crippen LogP contribution in [0.25, 0.3) is 0 Å². The second-order valence-electron chi connectivity index (χ2n) is 9.23. The van der Waals surface area contributed by atoms with E-state index in [1.807, 2.05) is 6.26 Å². The van der Waals surface area contributed by atoms with Crippen molar-refractivity contribution in [3.8, 4) is 5.75 Å². The lowest BCUT2D eigenvalue weighted by Gasteiger charge is -2.46. The molecule has 1 aliphatic carbocycles. The number of aromatic hydroxyl groups is 1. The van der Waals surface area contributed by atoms with Crippen LogP contribution in [0.5, 0.6) is 5.75 Å². The summed E-state index contributed by atoms with van der Waals surface area (Å²) in [6.07, 6.45) is 2.74. The number of carbonyl (C=O) groups excluding carboxylic acids is 2. The van der Waals surface area contributed by atoms with Crippen LogP contribution in [0.1, 0.15) is 42.0 Å². The lowest BCUT2D eigenvalue weighted by Crippen LogP contribution is -2.56. The zero-order valence-electron chi connectivity index (χ0n) is 20.7. The summed E-state index contributed by atoms with van der Waals surface area (Å²) in [6.45, 7) is 0.178. The van der Waals surface area contributed by atoms with Gasteiger partial charge in [0.05, 0.1) is 0 Å². The van der Waals surface area contributed by atoms with E-state index < -0.39 is 42.7 Å². The van der Waals surface area contributed by atoms with Crippen molar-refractivity contribution in [1.82, 2.24) is 15.2 Å². The van der Waals surface area contributed by atoms with E-state index in [1.54, 1.807) is 54.7 Å². The Morgan fingerprint density at radius 3 is 2.42 bits per heavy atom. The number of benzene rings is 2. The fourth-order valence-corrected chi connectivity index (χ4v) is 5.22. The molecule has 1 heterocycles. The summed E-state index contributed by atoms with van der Waals surface area (Å²) in [7, 11) is 0. The smallest absolute Gasteiger partial charge is 0.252 e. The van der Waals surface area contributed by atoms with Crippen LogP contribution in [-0.4, -0.2) is 45.0 Å². The molecular formula is C28H28ClF2N3O3S. The summed E-state index contributed by atoms with van der Waals surface area (Å²) < 4.78 is 28.1. The van der Waals surface area contributed by atoms with E-state index in [0.717, 1.165) is 11.1 Å². The number of aryl methyl sites for hydroxylation is 1. The molecule has 200 valence electrons. The molecule has 0 aliphatic heterocycles. The third-order valence-electron chi connectivity index (χ3n) is 6.51. The van der Waals surface area contributed by atoms with Gasteiger partial charge in [0.15, 0.2) is 0 Å². The number of phenolic OH excluding ortho intramolecular Hbond substituents is 1. The average Bonchev–Trinajstić information content (AvgIpc) is 2.89. The molecule has 0 radical (unpaired) electrons. The molecule has 6 nitrogen and oxygen atoms in total. The minimum absolute atomic E-state index is 0.0165. The fourth-order valence-electron chi connectivity index (χ4n) is 4.52. The maximum Gasteiger partial charge on any atom is 0.252 e. The lowest BCUT2D eigenvalue weighted by atomic mass is 9.84. The number of halogens is 3. The van der Waals surface area contributed by atoms with E-state index in [9.17, 15) is 23.5 Å². The van der Waals surface area contributed by atoms with Gasteiger partial charge in [-0.25, -0.2) is 13.8 Å². The zero-order chi connectivity index (χ0) is 27.3. The Morgan fingerprint density at radius 2 is 1.79 bits per heavy atom. The Morgan fingerprint density at radius 1 is 1.13 bits per heavy atom. The number of aromatic nitrogens is 1. The summed E-state index contributed by atoms with van der Waals surface area (Å²) >= 11 is 7.28. The van der Waals surface area contributed by atoms with E-state index >= 15 is 0 Å². The molecule has 0 bridgehead atoms. The molecule has 10 heteroatoms. The molecule has 2 aromatic carbocycles. The Balaban J connectivity index is 1.64. The van der Waals surface area contributed by atoms with E-state index in [-0.39, 0.29) is 18.7 Å². The minimum Gasteiger partial charge on any atom is -0.508 e. The van der Waals surface area contributed by atoms with Crippen molar-refractivity contribution in [3.05, 3.63) is 88.6 Å². The van der Waals surface area contributed by atoms with Crippen LogP contribution in [0.15, 0.2) is 71.9 Å². The molecule has 1 aromatic heterocycles. The molecular weight excluding hydrogens is 532 g/mol. The molecule has 1 unspecified atom stereocenters. The molecule has 2 amide bonds. The average molecular weight is 560 g/mol. The van der Waals surface area contributed by atoms with Crippen molar-refractivity contribution in [2.24, 2.45) is 0 Å². The van der Waals surface area contributed by atoms with Crippen LogP contribution in [0.4, 0.5) is 8.78 Å². The molecule has 2 N–H and O–H groups in total. The van der Waals surface area contributed by atoms with Gasteiger partial charge in [-0.05, 0) is 54.1 Å². The number of amides is 2. The number of rotatable bonds is 10. The van der Waals surface area contributed by atoms with Gasteiger partial charge in [-0.3, -0.25) is 9.59 Å². The lowest BCUT2D eigenvalue weighted by molar-refractivity contribution is -0.164. The van der Waals surface area contributed by atoms with Crippen molar-refractivity contribution >= 4 is 35.2 Å². The molecule has 4 rings (SSSR count). The molecule has 1 fully saturated rings. The molecule has 0 spiro atoms. The summed E-state index contributed by atoms with van der Waals surface area (Å²) in [5.41, 5.74) is 2.10. The third kappa shape index (κ3) is 6.82. The summed E-state index contributed by atoms with van der Waals surface area (Å²) in [5.74, 6) is -3.66. The fraction of sp³-hybridized carbons (Fsp3) is 0.321. The highest BCUT2D eigenvalue weighted by atomic mass is 35.5. The second kappa shape index (κ2) is 12.1. The maximum atomic E-state index is 14.0. The molecule has 0 saturated heterocycles. The zero-order valence-corrected chi connectivity index (χ0v) is 22.3. The predicted octanol–water partition coefficient (Wildman–Crippen LogP) is 5.78. The van der Waals surface area contributed by atoms with Crippen molar-refractivity contribution in [1.29, 1.82) is 0 Å². The SMILES string of the molecule is CSc1ncccc1C(C(=O)NCc1ccc(Cl)cc1)N(C(=O)CCc1ccc(O)cc1)C1CC(F)(F)C1. The van der Waals surface area contributed by atoms with Crippen molar-refractivity contribution < 1.29 is 23.5 Å². The van der Waals surface area contributed by atoms with Gasteiger partial charge in [0.2, 0.25) is 11.8 Å².